The van der Waals surface area contributed by atoms with Gasteiger partial charge in [-0.05, 0) is 12.1 Å². The second-order valence-electron chi connectivity index (χ2n) is 3.81. The molecular formula is C10H10F4O3S. The fourth-order valence-electron chi connectivity index (χ4n) is 1.49. The molecule has 1 unspecified atom stereocenters. The Labute approximate surface area is 101 Å². The van der Waals surface area contributed by atoms with Gasteiger partial charge in [0.25, 0.3) is 0 Å². The molecule has 0 aliphatic carbocycles. The number of rotatable bonds is 3. The summed E-state index contributed by atoms with van der Waals surface area (Å²) >= 11 is 0. The van der Waals surface area contributed by atoms with Gasteiger partial charge >= 0.3 is 6.18 Å². The molecule has 0 fully saturated rings. The topological polar surface area (TPSA) is 54.4 Å². The van der Waals surface area contributed by atoms with Gasteiger partial charge in [-0.15, -0.1) is 0 Å². The van der Waals surface area contributed by atoms with E-state index in [1.54, 1.807) is 0 Å². The summed E-state index contributed by atoms with van der Waals surface area (Å²) in [5, 5.41) is 9.46. The highest BCUT2D eigenvalue weighted by atomic mass is 32.2. The molecule has 102 valence electrons. The number of aliphatic hydroxyl groups is 1. The van der Waals surface area contributed by atoms with Crippen LogP contribution < -0.4 is 0 Å². The van der Waals surface area contributed by atoms with Crippen LogP contribution >= 0.6 is 0 Å². The Morgan fingerprint density at radius 2 is 1.89 bits per heavy atom. The molecule has 3 nitrogen and oxygen atoms in total. The molecule has 0 amide bonds. The third-order valence-electron chi connectivity index (χ3n) is 2.15. The summed E-state index contributed by atoms with van der Waals surface area (Å²) < 4.78 is 73.0. The van der Waals surface area contributed by atoms with Gasteiger partial charge in [0, 0.05) is 11.8 Å². The maximum Gasteiger partial charge on any atom is 0.416 e. The lowest BCUT2D eigenvalue weighted by Crippen LogP contribution is -2.19. The molecule has 0 saturated carbocycles. The van der Waals surface area contributed by atoms with Crippen LogP contribution in [0.3, 0.4) is 0 Å². The molecule has 0 aliphatic rings. The standard InChI is InChI=1S/C10H10F4O3S/c1-18(16,17)5-8(15)9-6(10(12,13)14)3-2-4-7(9)11/h2-4,8,15H,5H2,1H3. The molecule has 0 radical (unpaired) electrons. The second kappa shape index (κ2) is 4.85. The summed E-state index contributed by atoms with van der Waals surface area (Å²) in [4.78, 5) is 0. The maximum absolute atomic E-state index is 13.4. The lowest BCUT2D eigenvalue weighted by molar-refractivity contribution is -0.139. The van der Waals surface area contributed by atoms with Gasteiger partial charge in [0.15, 0.2) is 0 Å². The maximum atomic E-state index is 13.4. The number of hydrogen-bond donors (Lipinski definition) is 1. The number of sulfone groups is 1. The fraction of sp³-hybridized carbons (Fsp3) is 0.400. The Balaban J connectivity index is 3.31. The molecule has 1 aromatic rings. The molecule has 1 rings (SSSR count). The van der Waals surface area contributed by atoms with E-state index in [1.807, 2.05) is 0 Å². The third kappa shape index (κ3) is 3.67. The van der Waals surface area contributed by atoms with Crippen LogP contribution in [0.25, 0.3) is 0 Å². The van der Waals surface area contributed by atoms with Crippen LogP contribution in [0.2, 0.25) is 0 Å². The van der Waals surface area contributed by atoms with Crippen molar-refractivity contribution in [3.8, 4) is 0 Å². The smallest absolute Gasteiger partial charge is 0.387 e. The van der Waals surface area contributed by atoms with Crippen LogP contribution in [-0.4, -0.2) is 25.5 Å². The average Bonchev–Trinajstić information content (AvgIpc) is 2.12. The Bertz CT molecular complexity index is 537. The van der Waals surface area contributed by atoms with Crippen LogP contribution in [0.1, 0.15) is 17.2 Å². The number of halogens is 4. The van der Waals surface area contributed by atoms with Crippen molar-refractivity contribution >= 4 is 9.84 Å². The summed E-state index contributed by atoms with van der Waals surface area (Å²) in [6.45, 7) is 0. The molecule has 1 aromatic carbocycles. The van der Waals surface area contributed by atoms with Crippen molar-refractivity contribution in [2.45, 2.75) is 12.3 Å². The third-order valence-corrected chi connectivity index (χ3v) is 3.07. The molecule has 0 bridgehead atoms. The zero-order chi connectivity index (χ0) is 14.1. The quantitative estimate of drug-likeness (QED) is 0.864. The second-order valence-corrected chi connectivity index (χ2v) is 5.99. The van der Waals surface area contributed by atoms with E-state index in [1.165, 1.54) is 0 Å². The first-order chi connectivity index (χ1) is 8.02. The van der Waals surface area contributed by atoms with E-state index in [9.17, 15) is 31.1 Å². The molecule has 0 aromatic heterocycles. The highest BCUT2D eigenvalue weighted by Gasteiger charge is 2.37. The van der Waals surface area contributed by atoms with Gasteiger partial charge in [0.1, 0.15) is 15.7 Å². The fourth-order valence-corrected chi connectivity index (χ4v) is 2.23. The predicted octanol–water partition coefficient (Wildman–Crippen LogP) is 1.92. The first-order valence-electron chi connectivity index (χ1n) is 4.74. The van der Waals surface area contributed by atoms with Crippen LogP contribution in [0.4, 0.5) is 17.6 Å². The SMILES string of the molecule is CS(=O)(=O)CC(O)c1c(F)cccc1C(F)(F)F. The molecular weight excluding hydrogens is 276 g/mol. The summed E-state index contributed by atoms with van der Waals surface area (Å²) in [5.41, 5.74) is -2.42. The van der Waals surface area contributed by atoms with E-state index in [2.05, 4.69) is 0 Å². The molecule has 0 heterocycles. The van der Waals surface area contributed by atoms with Crippen LogP contribution in [0, 0.1) is 5.82 Å². The van der Waals surface area contributed by atoms with Crippen molar-refractivity contribution < 1.29 is 31.1 Å². The van der Waals surface area contributed by atoms with Gasteiger partial charge in [-0.3, -0.25) is 0 Å². The van der Waals surface area contributed by atoms with E-state index in [-0.39, 0.29) is 0 Å². The highest BCUT2D eigenvalue weighted by molar-refractivity contribution is 7.90. The Morgan fingerprint density at radius 3 is 2.33 bits per heavy atom. The van der Waals surface area contributed by atoms with E-state index in [0.29, 0.717) is 6.07 Å². The van der Waals surface area contributed by atoms with Crippen molar-refractivity contribution in [3.05, 3.63) is 35.1 Å². The highest BCUT2D eigenvalue weighted by Crippen LogP contribution is 2.36. The first kappa shape index (κ1) is 14.9. The number of aliphatic hydroxyl groups excluding tert-OH is 1. The number of hydrogen-bond acceptors (Lipinski definition) is 3. The molecule has 8 heteroatoms. The van der Waals surface area contributed by atoms with Gasteiger partial charge in [-0.1, -0.05) is 6.07 Å². The lowest BCUT2D eigenvalue weighted by atomic mass is 10.0. The lowest BCUT2D eigenvalue weighted by Gasteiger charge is -2.17. The van der Waals surface area contributed by atoms with Gasteiger partial charge in [-0.2, -0.15) is 13.2 Å². The van der Waals surface area contributed by atoms with Crippen LogP contribution in [0.5, 0.6) is 0 Å². The first-order valence-corrected chi connectivity index (χ1v) is 6.80. The summed E-state index contributed by atoms with van der Waals surface area (Å²) in [5.74, 6) is -2.27. The van der Waals surface area contributed by atoms with E-state index < -0.39 is 44.8 Å². The van der Waals surface area contributed by atoms with Gasteiger partial charge in [0.05, 0.1) is 17.4 Å². The normalized spacial score (nSPS) is 14.6. The van der Waals surface area contributed by atoms with Crippen molar-refractivity contribution in [2.75, 3.05) is 12.0 Å². The summed E-state index contributed by atoms with van der Waals surface area (Å²) in [6.07, 6.45) is -6.18. The van der Waals surface area contributed by atoms with Crippen molar-refractivity contribution in [2.24, 2.45) is 0 Å². The van der Waals surface area contributed by atoms with E-state index >= 15 is 0 Å². The molecule has 1 N–H and O–H groups in total. The summed E-state index contributed by atoms with van der Waals surface area (Å²) in [6, 6.07) is 2.16. The minimum atomic E-state index is -4.87. The minimum Gasteiger partial charge on any atom is -0.387 e. The monoisotopic (exact) mass is 286 g/mol. The Hall–Kier alpha value is -1.15. The van der Waals surface area contributed by atoms with Gasteiger partial charge in [0.2, 0.25) is 0 Å². The van der Waals surface area contributed by atoms with Crippen LogP contribution in [-0.2, 0) is 16.0 Å². The predicted molar refractivity (Wildman–Crippen MR) is 56.1 cm³/mol. The number of benzene rings is 1. The molecule has 0 aliphatic heterocycles. The van der Waals surface area contributed by atoms with Crippen molar-refractivity contribution in [1.82, 2.24) is 0 Å². The van der Waals surface area contributed by atoms with Crippen molar-refractivity contribution in [3.63, 3.8) is 0 Å². The average molecular weight is 286 g/mol. The van der Waals surface area contributed by atoms with E-state index in [0.717, 1.165) is 18.4 Å². The molecule has 0 saturated heterocycles. The largest absolute Gasteiger partial charge is 0.416 e. The minimum absolute atomic E-state index is 0.587. The zero-order valence-corrected chi connectivity index (χ0v) is 10.0. The van der Waals surface area contributed by atoms with Gasteiger partial charge < -0.3 is 5.11 Å². The Kier molecular flexibility index (Phi) is 4.02. The molecule has 18 heavy (non-hydrogen) atoms. The Morgan fingerprint density at radius 1 is 1.33 bits per heavy atom. The van der Waals surface area contributed by atoms with E-state index in [4.69, 9.17) is 0 Å². The van der Waals surface area contributed by atoms with Crippen LogP contribution in [0.15, 0.2) is 18.2 Å². The molecule has 1 atom stereocenters. The van der Waals surface area contributed by atoms with Crippen molar-refractivity contribution in [1.29, 1.82) is 0 Å². The van der Waals surface area contributed by atoms with Gasteiger partial charge in [-0.25, -0.2) is 12.8 Å². The molecule has 0 spiro atoms. The zero-order valence-electron chi connectivity index (χ0n) is 9.20. The summed E-state index contributed by atoms with van der Waals surface area (Å²) in [7, 11) is -3.73. The number of alkyl halides is 3.